The zero-order chi connectivity index (χ0) is 20.2. The highest BCUT2D eigenvalue weighted by molar-refractivity contribution is 5.98. The lowest BCUT2D eigenvalue weighted by atomic mass is 10.2. The van der Waals surface area contributed by atoms with Gasteiger partial charge in [0.25, 0.3) is 5.91 Å². The molecule has 1 aromatic heterocycles. The first-order chi connectivity index (χ1) is 14.1. The largest absolute Gasteiger partial charge is 0.370 e. The van der Waals surface area contributed by atoms with Crippen molar-refractivity contribution in [3.8, 4) is 0 Å². The highest BCUT2D eigenvalue weighted by Crippen LogP contribution is 2.19. The van der Waals surface area contributed by atoms with E-state index in [-0.39, 0.29) is 24.1 Å². The van der Waals surface area contributed by atoms with E-state index in [2.05, 4.69) is 4.98 Å². The van der Waals surface area contributed by atoms with Gasteiger partial charge in [-0.15, -0.1) is 0 Å². The molecule has 4 rings (SSSR count). The number of amides is 1. The van der Waals surface area contributed by atoms with E-state index in [1.807, 2.05) is 0 Å². The summed E-state index contributed by atoms with van der Waals surface area (Å²) in [5.74, 6) is -0.908. The van der Waals surface area contributed by atoms with E-state index in [1.54, 1.807) is 35.2 Å². The lowest BCUT2D eigenvalue weighted by molar-refractivity contribution is -0.907. The molecule has 0 unspecified atom stereocenters. The summed E-state index contributed by atoms with van der Waals surface area (Å²) in [7, 11) is 0. The number of morpholine rings is 1. The number of rotatable bonds is 6. The Morgan fingerprint density at radius 2 is 1.90 bits per heavy atom. The SMILES string of the molecule is O=C(c1cc2cc(F)ccc2[nH]1)N(CC[NH+]1CCOCC1)Cc1ccccc1F. The first kappa shape index (κ1) is 19.5. The van der Waals surface area contributed by atoms with Gasteiger partial charge in [-0.3, -0.25) is 4.79 Å². The van der Waals surface area contributed by atoms with E-state index in [1.165, 1.54) is 23.1 Å². The second kappa shape index (κ2) is 8.71. The number of hydrogen-bond acceptors (Lipinski definition) is 2. The molecule has 0 atom stereocenters. The number of quaternary nitrogens is 1. The summed E-state index contributed by atoms with van der Waals surface area (Å²) in [5.41, 5.74) is 1.54. The number of nitrogens with zero attached hydrogens (tertiary/aromatic N) is 1. The highest BCUT2D eigenvalue weighted by atomic mass is 19.1. The molecule has 0 saturated carbocycles. The fourth-order valence-corrected chi connectivity index (χ4v) is 3.68. The van der Waals surface area contributed by atoms with Crippen molar-refractivity contribution in [2.75, 3.05) is 39.4 Å². The molecule has 1 fully saturated rings. The van der Waals surface area contributed by atoms with Gasteiger partial charge < -0.3 is 19.5 Å². The molecule has 1 amide bonds. The van der Waals surface area contributed by atoms with Crippen LogP contribution < -0.4 is 4.90 Å². The van der Waals surface area contributed by atoms with Crippen molar-refractivity contribution in [2.45, 2.75) is 6.54 Å². The molecule has 29 heavy (non-hydrogen) atoms. The number of halogens is 2. The second-order valence-corrected chi connectivity index (χ2v) is 7.35. The standard InChI is InChI=1S/C22H23F2N3O2/c23-18-5-6-20-17(13-18)14-21(25-20)22(28)27(8-7-26-9-11-29-12-10-26)15-16-3-1-2-4-19(16)24/h1-6,13-14,25H,7-12,15H2/p+1. The fraction of sp³-hybridized carbons (Fsp3) is 0.318. The van der Waals surface area contributed by atoms with Gasteiger partial charge in [-0.1, -0.05) is 18.2 Å². The predicted octanol–water partition coefficient (Wildman–Crippen LogP) is 2.00. The van der Waals surface area contributed by atoms with E-state index < -0.39 is 0 Å². The molecule has 0 spiro atoms. The van der Waals surface area contributed by atoms with Crippen LogP contribution in [0.15, 0.2) is 48.5 Å². The predicted molar refractivity (Wildman–Crippen MR) is 106 cm³/mol. The number of hydrogen-bond donors (Lipinski definition) is 2. The fourth-order valence-electron chi connectivity index (χ4n) is 3.68. The van der Waals surface area contributed by atoms with Gasteiger partial charge in [0.1, 0.15) is 30.4 Å². The third-order valence-corrected chi connectivity index (χ3v) is 5.35. The first-order valence-electron chi connectivity index (χ1n) is 9.82. The van der Waals surface area contributed by atoms with E-state index in [4.69, 9.17) is 4.74 Å². The Morgan fingerprint density at radius 1 is 1.10 bits per heavy atom. The van der Waals surface area contributed by atoms with Gasteiger partial charge in [0, 0.05) is 23.0 Å². The zero-order valence-corrected chi connectivity index (χ0v) is 16.1. The minimum absolute atomic E-state index is 0.180. The number of carbonyl (C=O) groups is 1. The summed E-state index contributed by atoms with van der Waals surface area (Å²) in [6.45, 7) is 4.65. The lowest BCUT2D eigenvalue weighted by Gasteiger charge is -2.28. The molecule has 0 aliphatic carbocycles. The van der Waals surface area contributed by atoms with E-state index >= 15 is 0 Å². The summed E-state index contributed by atoms with van der Waals surface area (Å²) in [6.07, 6.45) is 0. The van der Waals surface area contributed by atoms with Crippen molar-refractivity contribution in [3.63, 3.8) is 0 Å². The maximum atomic E-state index is 14.2. The molecule has 5 nitrogen and oxygen atoms in total. The van der Waals surface area contributed by atoms with E-state index in [0.717, 1.165) is 19.6 Å². The Labute approximate surface area is 167 Å². The van der Waals surface area contributed by atoms with Crippen molar-refractivity contribution >= 4 is 16.8 Å². The van der Waals surface area contributed by atoms with Crippen molar-refractivity contribution in [2.24, 2.45) is 0 Å². The van der Waals surface area contributed by atoms with Crippen molar-refractivity contribution in [1.29, 1.82) is 0 Å². The number of carbonyl (C=O) groups excluding carboxylic acids is 1. The monoisotopic (exact) mass is 400 g/mol. The molecule has 7 heteroatoms. The van der Waals surface area contributed by atoms with Crippen LogP contribution in [0.2, 0.25) is 0 Å². The molecule has 2 heterocycles. The molecule has 3 aromatic rings. The van der Waals surface area contributed by atoms with Crippen molar-refractivity contribution in [3.05, 3.63) is 71.4 Å². The van der Waals surface area contributed by atoms with Crippen LogP contribution in [0, 0.1) is 11.6 Å². The summed E-state index contributed by atoms with van der Waals surface area (Å²) in [4.78, 5) is 19.3. The third kappa shape index (κ3) is 4.63. The Hall–Kier alpha value is -2.77. The molecule has 152 valence electrons. The number of nitrogens with one attached hydrogen (secondary N) is 2. The molecular formula is C22H24F2N3O2+. The minimum atomic E-state index is -0.352. The number of fused-ring (bicyclic) bond motifs is 1. The number of aromatic amines is 1. The third-order valence-electron chi connectivity index (χ3n) is 5.35. The Bertz CT molecular complexity index is 999. The highest BCUT2D eigenvalue weighted by Gasteiger charge is 2.22. The molecule has 0 radical (unpaired) electrons. The number of aromatic nitrogens is 1. The van der Waals surface area contributed by atoms with Gasteiger partial charge in [-0.05, 0) is 30.3 Å². The van der Waals surface area contributed by atoms with Crippen LogP contribution in [0.3, 0.4) is 0 Å². The van der Waals surface area contributed by atoms with Gasteiger partial charge in [0.15, 0.2) is 0 Å². The number of ether oxygens (including phenoxy) is 1. The summed E-state index contributed by atoms with van der Waals surface area (Å²) in [6, 6.07) is 12.5. The average molecular weight is 400 g/mol. The maximum Gasteiger partial charge on any atom is 0.270 e. The maximum absolute atomic E-state index is 14.2. The van der Waals surface area contributed by atoms with Crippen LogP contribution in [-0.2, 0) is 11.3 Å². The lowest BCUT2D eigenvalue weighted by Crippen LogP contribution is -3.14. The van der Waals surface area contributed by atoms with Crippen LogP contribution in [0.1, 0.15) is 16.1 Å². The Kier molecular flexibility index (Phi) is 5.87. The average Bonchev–Trinajstić information content (AvgIpc) is 3.16. The zero-order valence-electron chi connectivity index (χ0n) is 16.1. The summed E-state index contributed by atoms with van der Waals surface area (Å²) < 4.78 is 33.1. The van der Waals surface area contributed by atoms with Crippen molar-refractivity contribution in [1.82, 2.24) is 9.88 Å². The molecule has 1 saturated heterocycles. The van der Waals surface area contributed by atoms with Crippen LogP contribution in [-0.4, -0.2) is 55.2 Å². The molecule has 1 aliphatic rings. The Morgan fingerprint density at radius 3 is 2.69 bits per heavy atom. The van der Waals surface area contributed by atoms with Crippen LogP contribution in [0.25, 0.3) is 10.9 Å². The molecule has 2 aromatic carbocycles. The number of benzene rings is 2. The van der Waals surface area contributed by atoms with Crippen molar-refractivity contribution < 1.29 is 23.2 Å². The molecular weight excluding hydrogens is 376 g/mol. The van der Waals surface area contributed by atoms with E-state index in [0.29, 0.717) is 41.9 Å². The van der Waals surface area contributed by atoms with Crippen LogP contribution in [0.4, 0.5) is 8.78 Å². The summed E-state index contributed by atoms with van der Waals surface area (Å²) >= 11 is 0. The second-order valence-electron chi connectivity index (χ2n) is 7.35. The van der Waals surface area contributed by atoms with Gasteiger partial charge in [0.2, 0.25) is 0 Å². The molecule has 2 N–H and O–H groups in total. The quantitative estimate of drug-likeness (QED) is 0.665. The molecule has 1 aliphatic heterocycles. The minimum Gasteiger partial charge on any atom is -0.370 e. The van der Waals surface area contributed by atoms with Gasteiger partial charge in [-0.25, -0.2) is 8.78 Å². The number of H-pyrrole nitrogens is 1. The summed E-state index contributed by atoms with van der Waals surface area (Å²) in [5, 5.41) is 0.637. The van der Waals surface area contributed by atoms with Gasteiger partial charge >= 0.3 is 0 Å². The van der Waals surface area contributed by atoms with Crippen LogP contribution in [0.5, 0.6) is 0 Å². The smallest absolute Gasteiger partial charge is 0.270 e. The van der Waals surface area contributed by atoms with E-state index in [9.17, 15) is 13.6 Å². The van der Waals surface area contributed by atoms with Gasteiger partial charge in [-0.2, -0.15) is 0 Å². The molecule has 0 bridgehead atoms. The van der Waals surface area contributed by atoms with Gasteiger partial charge in [0.05, 0.1) is 26.3 Å². The topological polar surface area (TPSA) is 49.8 Å². The Balaban J connectivity index is 1.56. The van der Waals surface area contributed by atoms with Crippen LogP contribution >= 0.6 is 0 Å². The first-order valence-corrected chi connectivity index (χ1v) is 9.82. The normalized spacial score (nSPS) is 15.0.